The first-order valence-corrected chi connectivity index (χ1v) is 19.3. The van der Waals surface area contributed by atoms with Gasteiger partial charge in [0.1, 0.15) is 17.5 Å². The van der Waals surface area contributed by atoms with Crippen LogP contribution in [0.3, 0.4) is 0 Å². The van der Waals surface area contributed by atoms with Gasteiger partial charge >= 0.3 is 12.1 Å². The molecule has 2 N–H and O–H groups in total. The van der Waals surface area contributed by atoms with Crippen molar-refractivity contribution in [3.05, 3.63) is 47.3 Å². The van der Waals surface area contributed by atoms with Crippen LogP contribution in [0.15, 0.2) is 30.4 Å². The number of allylic oxidation sites excluding steroid dienone is 2. The van der Waals surface area contributed by atoms with Crippen LogP contribution in [-0.2, 0) is 51.8 Å². The second-order valence-electron chi connectivity index (χ2n) is 15.5. The summed E-state index contributed by atoms with van der Waals surface area (Å²) in [5, 5.41) is 2.62. The van der Waals surface area contributed by atoms with Crippen LogP contribution in [0.4, 0.5) is 9.18 Å². The number of hydrogen-bond donors (Lipinski definition) is 2. The van der Waals surface area contributed by atoms with Gasteiger partial charge in [-0.3, -0.25) is 28.8 Å². The lowest BCUT2D eigenvalue weighted by Gasteiger charge is -2.29. The number of rotatable bonds is 6. The van der Waals surface area contributed by atoms with Crippen molar-refractivity contribution in [1.29, 1.82) is 0 Å². The van der Waals surface area contributed by atoms with Crippen molar-refractivity contribution in [3.63, 3.8) is 0 Å². The maximum Gasteiger partial charge on any atom is 0.410 e. The summed E-state index contributed by atoms with van der Waals surface area (Å²) >= 11 is 0. The molecule has 3 heterocycles. The maximum atomic E-state index is 14.4. The number of carbonyl (C=O) groups excluding carboxylic acids is 5. The zero-order valence-corrected chi connectivity index (χ0v) is 30.1. The standard InChI is InChI=1S/C36H47FN4O9S/c1-35(2,3)50-31(43)14-23-18-38-13-6-4-5-9-24-16-36(24,33(45)39-51(47,48)26-11-12-26)17-30(42)29-15-25(20-41(29)32(23)44)49-34(46)40-19-22-8-7-10-28(37)27(22)21-40/h5,7-10,23-26,29,38H,4,6,11-21H2,1-3H3,(H,39,45)/b9-5-/t23-,24+,25+,29-,36+/m0/s1. The Hall–Kier alpha value is -3.85. The van der Waals surface area contributed by atoms with Crippen LogP contribution < -0.4 is 10.0 Å². The number of amides is 3. The minimum atomic E-state index is -3.88. The highest BCUT2D eigenvalue weighted by Gasteiger charge is 2.61. The molecule has 0 radical (unpaired) electrons. The molecule has 6 rings (SSSR count). The first-order chi connectivity index (χ1) is 24.1. The Balaban J connectivity index is 1.25. The number of Topliss-reactive ketones (excluding diaryl/α,β-unsaturated/α-hetero) is 1. The largest absolute Gasteiger partial charge is 0.460 e. The van der Waals surface area contributed by atoms with E-state index in [4.69, 9.17) is 9.47 Å². The zero-order valence-electron chi connectivity index (χ0n) is 29.3. The molecule has 1 aromatic carbocycles. The van der Waals surface area contributed by atoms with Gasteiger partial charge in [-0.2, -0.15) is 0 Å². The van der Waals surface area contributed by atoms with Gasteiger partial charge in [-0.25, -0.2) is 17.6 Å². The molecule has 3 aliphatic heterocycles. The number of nitrogens with one attached hydrogen (secondary N) is 2. The van der Waals surface area contributed by atoms with E-state index in [1.807, 2.05) is 12.2 Å². The van der Waals surface area contributed by atoms with Gasteiger partial charge < -0.3 is 19.7 Å². The number of halogens is 1. The van der Waals surface area contributed by atoms with E-state index in [9.17, 15) is 36.8 Å². The molecule has 2 aliphatic carbocycles. The topological polar surface area (TPSA) is 168 Å². The van der Waals surface area contributed by atoms with Crippen molar-refractivity contribution in [1.82, 2.24) is 19.8 Å². The number of carbonyl (C=O) groups is 5. The highest BCUT2D eigenvalue weighted by Crippen LogP contribution is 2.57. The number of ketones is 1. The number of esters is 1. The average Bonchev–Trinajstić information content (AvgIpc) is 3.93. The molecule has 1 aromatic rings. The van der Waals surface area contributed by atoms with Crippen molar-refractivity contribution < 1.29 is 46.3 Å². The predicted molar refractivity (Wildman–Crippen MR) is 181 cm³/mol. The molecule has 3 fully saturated rings. The van der Waals surface area contributed by atoms with E-state index in [1.54, 1.807) is 32.9 Å². The molecule has 5 atom stereocenters. The minimum absolute atomic E-state index is 0.0124. The quantitative estimate of drug-likeness (QED) is 0.328. The predicted octanol–water partition coefficient (Wildman–Crippen LogP) is 3.11. The van der Waals surface area contributed by atoms with Crippen LogP contribution >= 0.6 is 0 Å². The third-order valence-corrected chi connectivity index (χ3v) is 12.1. The molecule has 0 bridgehead atoms. The zero-order chi connectivity index (χ0) is 36.7. The monoisotopic (exact) mass is 730 g/mol. The van der Waals surface area contributed by atoms with Crippen molar-refractivity contribution in [2.24, 2.45) is 17.3 Å². The van der Waals surface area contributed by atoms with Crippen LogP contribution in [0, 0.1) is 23.1 Å². The van der Waals surface area contributed by atoms with Gasteiger partial charge in [0, 0.05) is 31.5 Å². The SMILES string of the molecule is CC(C)(C)OC(=O)C[C@H]1CNCCC/C=C\[C@@H]2C[C@@]2(C(=O)NS(=O)(=O)C2CC2)CC(=O)[C@@H]2C[C@@H](OC(=O)N3Cc4cccc(F)c4C3)CN2C1=O. The molecule has 278 valence electrons. The number of benzene rings is 1. The summed E-state index contributed by atoms with van der Waals surface area (Å²) in [5.74, 6) is -3.98. The Morgan fingerprint density at radius 1 is 1.14 bits per heavy atom. The van der Waals surface area contributed by atoms with E-state index in [2.05, 4.69) is 10.0 Å². The average molecular weight is 731 g/mol. The van der Waals surface area contributed by atoms with E-state index >= 15 is 0 Å². The summed E-state index contributed by atoms with van der Waals surface area (Å²) in [7, 11) is -3.88. The summed E-state index contributed by atoms with van der Waals surface area (Å²) in [4.78, 5) is 71.2. The van der Waals surface area contributed by atoms with Gasteiger partial charge in [-0.15, -0.1) is 0 Å². The van der Waals surface area contributed by atoms with Crippen LogP contribution in [0.2, 0.25) is 0 Å². The summed E-state index contributed by atoms with van der Waals surface area (Å²) < 4.78 is 53.5. The number of fused-ring (bicyclic) bond motifs is 3. The number of sulfonamides is 1. The molecule has 3 amide bonds. The Morgan fingerprint density at radius 3 is 2.61 bits per heavy atom. The van der Waals surface area contributed by atoms with Crippen LogP contribution in [0.1, 0.15) is 83.3 Å². The normalized spacial score (nSPS) is 29.2. The fourth-order valence-electron chi connectivity index (χ4n) is 7.36. The van der Waals surface area contributed by atoms with Crippen molar-refractivity contribution in [3.8, 4) is 0 Å². The van der Waals surface area contributed by atoms with E-state index in [-0.39, 0.29) is 57.8 Å². The van der Waals surface area contributed by atoms with Crippen LogP contribution in [0.5, 0.6) is 0 Å². The van der Waals surface area contributed by atoms with Gasteiger partial charge in [-0.05, 0) is 77.0 Å². The molecule has 0 spiro atoms. The summed E-state index contributed by atoms with van der Waals surface area (Å²) in [6.45, 7) is 5.85. The second-order valence-corrected chi connectivity index (χ2v) is 17.5. The van der Waals surface area contributed by atoms with E-state index in [0.29, 0.717) is 43.4 Å². The highest BCUT2D eigenvalue weighted by atomic mass is 32.2. The fraction of sp³-hybridized carbons (Fsp3) is 0.639. The molecule has 0 aromatic heterocycles. The third kappa shape index (κ3) is 8.45. The number of ether oxygens (including phenoxy) is 2. The van der Waals surface area contributed by atoms with Gasteiger partial charge in [0.25, 0.3) is 0 Å². The summed E-state index contributed by atoms with van der Waals surface area (Å²) in [5.41, 5.74) is -1.03. The Morgan fingerprint density at radius 2 is 1.90 bits per heavy atom. The lowest BCUT2D eigenvalue weighted by atomic mass is 9.91. The maximum absolute atomic E-state index is 14.4. The van der Waals surface area contributed by atoms with Crippen molar-refractivity contribution in [2.75, 3.05) is 19.6 Å². The Bertz CT molecular complexity index is 1720. The smallest absolute Gasteiger partial charge is 0.410 e. The van der Waals surface area contributed by atoms with Crippen LogP contribution in [0.25, 0.3) is 0 Å². The van der Waals surface area contributed by atoms with E-state index < -0.39 is 79.8 Å². The molecular weight excluding hydrogens is 683 g/mol. The van der Waals surface area contributed by atoms with Crippen molar-refractivity contribution in [2.45, 2.75) is 108 Å². The lowest BCUT2D eigenvalue weighted by molar-refractivity contribution is -0.158. The van der Waals surface area contributed by atoms with E-state index in [1.165, 1.54) is 15.9 Å². The Kier molecular flexibility index (Phi) is 10.3. The number of hydrogen-bond acceptors (Lipinski definition) is 10. The second kappa shape index (κ2) is 14.3. The van der Waals surface area contributed by atoms with Gasteiger partial charge in [0.15, 0.2) is 5.78 Å². The van der Waals surface area contributed by atoms with Gasteiger partial charge in [-0.1, -0.05) is 24.3 Å². The number of nitrogens with zero attached hydrogens (tertiary/aromatic N) is 2. The molecule has 15 heteroatoms. The molecule has 5 aliphatic rings. The highest BCUT2D eigenvalue weighted by molar-refractivity contribution is 7.90. The van der Waals surface area contributed by atoms with Crippen molar-refractivity contribution >= 4 is 39.7 Å². The molecular formula is C36H47FN4O9S. The molecule has 51 heavy (non-hydrogen) atoms. The molecule has 1 saturated heterocycles. The Labute approximate surface area is 297 Å². The summed E-state index contributed by atoms with van der Waals surface area (Å²) in [6, 6.07) is 3.52. The lowest BCUT2D eigenvalue weighted by Crippen LogP contribution is -2.48. The minimum Gasteiger partial charge on any atom is -0.460 e. The van der Waals surface area contributed by atoms with Gasteiger partial charge in [0.2, 0.25) is 21.8 Å². The summed E-state index contributed by atoms with van der Waals surface area (Å²) in [6.07, 6.45) is 4.06. The molecule has 13 nitrogen and oxygen atoms in total. The van der Waals surface area contributed by atoms with Gasteiger partial charge in [0.05, 0.1) is 42.1 Å². The molecule has 2 saturated carbocycles. The molecule has 0 unspecified atom stereocenters. The fourth-order valence-corrected chi connectivity index (χ4v) is 8.74. The van der Waals surface area contributed by atoms with E-state index in [0.717, 1.165) is 0 Å². The third-order valence-electron chi connectivity index (χ3n) is 10.3. The first kappa shape index (κ1) is 36.9. The van der Waals surface area contributed by atoms with Crippen LogP contribution in [-0.4, -0.2) is 90.5 Å². The first-order valence-electron chi connectivity index (χ1n) is 17.8.